The minimum atomic E-state index is -1.19. The summed E-state index contributed by atoms with van der Waals surface area (Å²) in [5.41, 5.74) is 1.67. The zero-order valence-electron chi connectivity index (χ0n) is 7.88. The predicted octanol–water partition coefficient (Wildman–Crippen LogP) is 1.11. The number of carboxylic acid groups (broad SMARTS) is 1. The lowest BCUT2D eigenvalue weighted by atomic mass is 10.1. The van der Waals surface area contributed by atoms with E-state index in [1.165, 1.54) is 18.3 Å². The molecule has 0 atom stereocenters. The van der Waals surface area contributed by atoms with Crippen LogP contribution in [0.25, 0.3) is 11.3 Å². The Bertz CT molecular complexity index is 480. The van der Waals surface area contributed by atoms with Crippen LogP contribution in [0.15, 0.2) is 48.7 Å². The summed E-state index contributed by atoms with van der Waals surface area (Å²) in [4.78, 5) is 14.7. The standard InChI is InChI=1S/C12H9NO2/c14-12(15)10-6-7-13-11(8-10)9-4-2-1-3-5-9/h1-8H,(H,14,15)/p-1. The number of rotatable bonds is 2. The fourth-order valence-electron chi connectivity index (χ4n) is 1.32. The molecule has 1 aromatic heterocycles. The molecule has 2 rings (SSSR count). The molecule has 0 saturated carbocycles. The van der Waals surface area contributed by atoms with Crippen LogP contribution in [0.4, 0.5) is 0 Å². The first-order valence-electron chi connectivity index (χ1n) is 4.50. The van der Waals surface area contributed by atoms with E-state index in [1.807, 2.05) is 30.3 Å². The Hall–Kier alpha value is -2.16. The molecular weight excluding hydrogens is 190 g/mol. The molecule has 0 aliphatic carbocycles. The van der Waals surface area contributed by atoms with Crippen molar-refractivity contribution >= 4 is 5.97 Å². The minimum absolute atomic E-state index is 0.142. The van der Waals surface area contributed by atoms with Crippen LogP contribution in [-0.4, -0.2) is 11.0 Å². The van der Waals surface area contributed by atoms with Crippen LogP contribution < -0.4 is 5.11 Å². The quantitative estimate of drug-likeness (QED) is 0.726. The molecule has 0 aliphatic rings. The van der Waals surface area contributed by atoms with Gasteiger partial charge in [-0.25, -0.2) is 0 Å². The van der Waals surface area contributed by atoms with Crippen LogP contribution in [0.1, 0.15) is 10.4 Å². The van der Waals surface area contributed by atoms with Gasteiger partial charge in [-0.3, -0.25) is 4.98 Å². The first-order chi connectivity index (χ1) is 7.27. The fourth-order valence-corrected chi connectivity index (χ4v) is 1.32. The largest absolute Gasteiger partial charge is 0.545 e. The molecular formula is C12H8NO2-. The Morgan fingerprint density at radius 3 is 2.53 bits per heavy atom. The van der Waals surface area contributed by atoms with Gasteiger partial charge in [-0.15, -0.1) is 0 Å². The normalized spacial score (nSPS) is 9.87. The predicted molar refractivity (Wildman–Crippen MR) is 54.0 cm³/mol. The zero-order chi connectivity index (χ0) is 10.7. The molecule has 0 radical (unpaired) electrons. The average Bonchev–Trinajstić information content (AvgIpc) is 2.30. The number of nitrogens with zero attached hydrogens (tertiary/aromatic N) is 1. The number of carboxylic acids is 1. The summed E-state index contributed by atoms with van der Waals surface area (Å²) in [6.45, 7) is 0. The molecule has 0 spiro atoms. The molecule has 0 saturated heterocycles. The van der Waals surface area contributed by atoms with Gasteiger partial charge in [0.2, 0.25) is 0 Å². The number of aromatic carboxylic acids is 1. The van der Waals surface area contributed by atoms with Crippen molar-refractivity contribution in [3.05, 3.63) is 54.2 Å². The van der Waals surface area contributed by atoms with E-state index < -0.39 is 5.97 Å². The smallest absolute Gasteiger partial charge is 0.0716 e. The first kappa shape index (κ1) is 9.40. The summed E-state index contributed by atoms with van der Waals surface area (Å²) >= 11 is 0. The second-order valence-electron chi connectivity index (χ2n) is 3.08. The molecule has 15 heavy (non-hydrogen) atoms. The second kappa shape index (κ2) is 3.92. The van der Waals surface area contributed by atoms with Gasteiger partial charge < -0.3 is 9.90 Å². The maximum Gasteiger partial charge on any atom is 0.0716 e. The number of carbonyl (C=O) groups excluding carboxylic acids is 1. The number of pyridine rings is 1. The molecule has 3 heteroatoms. The molecule has 0 unspecified atom stereocenters. The van der Waals surface area contributed by atoms with Crippen molar-refractivity contribution in [3.63, 3.8) is 0 Å². The Labute approximate surface area is 87.0 Å². The Morgan fingerprint density at radius 2 is 1.87 bits per heavy atom. The molecule has 0 amide bonds. The molecule has 1 heterocycles. The van der Waals surface area contributed by atoms with Crippen LogP contribution in [0.3, 0.4) is 0 Å². The average molecular weight is 198 g/mol. The van der Waals surface area contributed by atoms with Crippen LogP contribution >= 0.6 is 0 Å². The highest BCUT2D eigenvalue weighted by atomic mass is 16.4. The number of carbonyl (C=O) groups is 1. The van der Waals surface area contributed by atoms with Crippen molar-refractivity contribution in [1.29, 1.82) is 0 Å². The minimum Gasteiger partial charge on any atom is -0.545 e. The fraction of sp³-hybridized carbons (Fsp3) is 0. The van der Waals surface area contributed by atoms with Gasteiger partial charge in [-0.05, 0) is 12.1 Å². The van der Waals surface area contributed by atoms with Gasteiger partial charge in [0.05, 0.1) is 11.7 Å². The van der Waals surface area contributed by atoms with Crippen LogP contribution in [0.2, 0.25) is 0 Å². The lowest BCUT2D eigenvalue weighted by Crippen LogP contribution is -2.22. The van der Waals surface area contributed by atoms with E-state index in [-0.39, 0.29) is 5.56 Å². The van der Waals surface area contributed by atoms with Crippen LogP contribution in [0.5, 0.6) is 0 Å². The van der Waals surface area contributed by atoms with E-state index in [9.17, 15) is 9.90 Å². The van der Waals surface area contributed by atoms with Crippen LogP contribution in [0, 0.1) is 0 Å². The van der Waals surface area contributed by atoms with Gasteiger partial charge in [-0.2, -0.15) is 0 Å². The van der Waals surface area contributed by atoms with Crippen molar-refractivity contribution in [1.82, 2.24) is 4.98 Å². The van der Waals surface area contributed by atoms with Crippen molar-refractivity contribution in [2.75, 3.05) is 0 Å². The van der Waals surface area contributed by atoms with Gasteiger partial charge in [0.25, 0.3) is 0 Å². The van der Waals surface area contributed by atoms with Crippen molar-refractivity contribution in [2.45, 2.75) is 0 Å². The Morgan fingerprint density at radius 1 is 1.13 bits per heavy atom. The summed E-state index contributed by atoms with van der Waals surface area (Å²) in [5.74, 6) is -1.19. The third kappa shape index (κ3) is 2.02. The molecule has 74 valence electrons. The third-order valence-electron chi connectivity index (χ3n) is 2.07. The highest BCUT2D eigenvalue weighted by Crippen LogP contribution is 2.16. The van der Waals surface area contributed by atoms with E-state index in [0.717, 1.165) is 5.56 Å². The maximum absolute atomic E-state index is 10.6. The van der Waals surface area contributed by atoms with Crippen molar-refractivity contribution in [2.24, 2.45) is 0 Å². The lowest BCUT2D eigenvalue weighted by molar-refractivity contribution is -0.255. The lowest BCUT2D eigenvalue weighted by Gasteiger charge is -2.04. The summed E-state index contributed by atoms with van der Waals surface area (Å²) in [5, 5.41) is 10.6. The topological polar surface area (TPSA) is 53.0 Å². The molecule has 0 N–H and O–H groups in total. The zero-order valence-corrected chi connectivity index (χ0v) is 7.88. The second-order valence-corrected chi connectivity index (χ2v) is 3.08. The number of benzene rings is 1. The SMILES string of the molecule is O=C([O-])c1ccnc(-c2ccccc2)c1. The molecule has 3 nitrogen and oxygen atoms in total. The molecule has 0 aliphatic heterocycles. The Kier molecular flexibility index (Phi) is 2.46. The van der Waals surface area contributed by atoms with Gasteiger partial charge in [-0.1, -0.05) is 30.3 Å². The van der Waals surface area contributed by atoms with E-state index >= 15 is 0 Å². The molecule has 1 aromatic carbocycles. The Balaban J connectivity index is 2.46. The van der Waals surface area contributed by atoms with Crippen LogP contribution in [-0.2, 0) is 0 Å². The van der Waals surface area contributed by atoms with E-state index in [2.05, 4.69) is 4.98 Å². The summed E-state index contributed by atoms with van der Waals surface area (Å²) < 4.78 is 0. The highest BCUT2D eigenvalue weighted by molar-refractivity contribution is 5.87. The number of hydrogen-bond acceptors (Lipinski definition) is 3. The summed E-state index contributed by atoms with van der Waals surface area (Å²) in [6.07, 6.45) is 1.47. The molecule has 0 bridgehead atoms. The van der Waals surface area contributed by atoms with E-state index in [0.29, 0.717) is 5.69 Å². The summed E-state index contributed by atoms with van der Waals surface area (Å²) in [6, 6.07) is 12.3. The van der Waals surface area contributed by atoms with E-state index in [1.54, 1.807) is 0 Å². The third-order valence-corrected chi connectivity index (χ3v) is 2.07. The van der Waals surface area contributed by atoms with E-state index in [4.69, 9.17) is 0 Å². The number of aromatic nitrogens is 1. The van der Waals surface area contributed by atoms with Gasteiger partial charge >= 0.3 is 0 Å². The van der Waals surface area contributed by atoms with Gasteiger partial charge in [0, 0.05) is 17.3 Å². The van der Waals surface area contributed by atoms with Gasteiger partial charge in [0.1, 0.15) is 0 Å². The first-order valence-corrected chi connectivity index (χ1v) is 4.50. The maximum atomic E-state index is 10.6. The monoisotopic (exact) mass is 198 g/mol. The van der Waals surface area contributed by atoms with Gasteiger partial charge in [0.15, 0.2) is 0 Å². The van der Waals surface area contributed by atoms with Crippen molar-refractivity contribution < 1.29 is 9.90 Å². The molecule has 2 aromatic rings. The van der Waals surface area contributed by atoms with Crippen molar-refractivity contribution in [3.8, 4) is 11.3 Å². The summed E-state index contributed by atoms with van der Waals surface area (Å²) in [7, 11) is 0. The highest BCUT2D eigenvalue weighted by Gasteiger charge is 1.99. The number of hydrogen-bond donors (Lipinski definition) is 0. The molecule has 0 fully saturated rings.